The number of rotatable bonds is 9. The summed E-state index contributed by atoms with van der Waals surface area (Å²) in [5, 5.41) is 0.458. The molecule has 0 fully saturated rings. The number of halogens is 1. The highest BCUT2D eigenvalue weighted by atomic mass is 35.5. The Bertz CT molecular complexity index is 753. The highest BCUT2D eigenvalue weighted by Crippen LogP contribution is 2.22. The summed E-state index contributed by atoms with van der Waals surface area (Å²) in [6.45, 7) is 1.10. The van der Waals surface area contributed by atoms with E-state index >= 15 is 0 Å². The molecular formula is C20H23ClN2O4. The summed E-state index contributed by atoms with van der Waals surface area (Å²) in [6.07, 6.45) is 1.66. The minimum atomic E-state index is -0.476. The zero-order chi connectivity index (χ0) is 19.5. The summed E-state index contributed by atoms with van der Waals surface area (Å²) in [6, 6.07) is 14.7. The number of hydrazine groups is 1. The van der Waals surface area contributed by atoms with E-state index in [9.17, 15) is 9.59 Å². The third-order valence-electron chi connectivity index (χ3n) is 3.79. The Morgan fingerprint density at radius 3 is 2.56 bits per heavy atom. The molecule has 27 heavy (non-hydrogen) atoms. The predicted molar refractivity (Wildman–Crippen MR) is 104 cm³/mol. The fourth-order valence-corrected chi connectivity index (χ4v) is 2.54. The van der Waals surface area contributed by atoms with Gasteiger partial charge in [0.15, 0.2) is 0 Å². The minimum absolute atomic E-state index is 0.253. The summed E-state index contributed by atoms with van der Waals surface area (Å²) >= 11 is 5.86. The SMILES string of the molecule is COc1cc(Cl)ccc1C(=O)NNC(=O)CCCOCCc1ccccc1. The average Bonchev–Trinajstić information content (AvgIpc) is 2.69. The maximum Gasteiger partial charge on any atom is 0.273 e. The number of nitrogens with one attached hydrogen (secondary N) is 2. The summed E-state index contributed by atoms with van der Waals surface area (Å²) < 4.78 is 10.6. The molecule has 2 aromatic rings. The minimum Gasteiger partial charge on any atom is -0.496 e. The van der Waals surface area contributed by atoms with E-state index in [1.807, 2.05) is 18.2 Å². The van der Waals surface area contributed by atoms with E-state index < -0.39 is 5.91 Å². The van der Waals surface area contributed by atoms with Gasteiger partial charge in [0.25, 0.3) is 5.91 Å². The van der Waals surface area contributed by atoms with Crippen LogP contribution in [0.25, 0.3) is 0 Å². The lowest BCUT2D eigenvalue weighted by Gasteiger charge is -2.10. The third kappa shape index (κ3) is 7.29. The number of methoxy groups -OCH3 is 1. The van der Waals surface area contributed by atoms with Gasteiger partial charge < -0.3 is 9.47 Å². The van der Waals surface area contributed by atoms with Crippen molar-refractivity contribution in [1.29, 1.82) is 0 Å². The molecule has 0 radical (unpaired) electrons. The molecule has 2 N–H and O–H groups in total. The lowest BCUT2D eigenvalue weighted by atomic mass is 10.2. The number of amides is 2. The molecule has 2 amide bonds. The topological polar surface area (TPSA) is 76.7 Å². The van der Waals surface area contributed by atoms with Crippen molar-refractivity contribution in [3.8, 4) is 5.75 Å². The van der Waals surface area contributed by atoms with E-state index in [1.54, 1.807) is 6.07 Å². The van der Waals surface area contributed by atoms with E-state index in [0.717, 1.165) is 6.42 Å². The predicted octanol–water partition coefficient (Wildman–Crippen LogP) is 3.15. The van der Waals surface area contributed by atoms with Crippen LogP contribution < -0.4 is 15.6 Å². The number of ether oxygens (including phenoxy) is 2. The first-order valence-corrected chi connectivity index (χ1v) is 9.02. The van der Waals surface area contributed by atoms with Crippen molar-refractivity contribution < 1.29 is 19.1 Å². The molecule has 0 aromatic heterocycles. The number of hydrogen-bond donors (Lipinski definition) is 2. The Balaban J connectivity index is 1.61. The lowest BCUT2D eigenvalue weighted by Crippen LogP contribution is -2.41. The van der Waals surface area contributed by atoms with Gasteiger partial charge in [-0.2, -0.15) is 0 Å². The second-order valence-electron chi connectivity index (χ2n) is 5.80. The van der Waals surface area contributed by atoms with Gasteiger partial charge >= 0.3 is 0 Å². The quantitative estimate of drug-likeness (QED) is 0.509. The van der Waals surface area contributed by atoms with Crippen molar-refractivity contribution in [3.63, 3.8) is 0 Å². The van der Waals surface area contributed by atoms with Crippen LogP contribution in [-0.4, -0.2) is 32.1 Å². The van der Waals surface area contributed by atoms with Crippen LogP contribution in [0, 0.1) is 0 Å². The van der Waals surface area contributed by atoms with E-state index in [1.165, 1.54) is 24.8 Å². The zero-order valence-corrected chi connectivity index (χ0v) is 15.9. The highest BCUT2D eigenvalue weighted by molar-refractivity contribution is 6.30. The van der Waals surface area contributed by atoms with Gasteiger partial charge in [-0.05, 0) is 36.6 Å². The Hall–Kier alpha value is -2.57. The highest BCUT2D eigenvalue weighted by Gasteiger charge is 2.13. The van der Waals surface area contributed by atoms with Crippen LogP contribution in [0.3, 0.4) is 0 Å². The normalized spacial score (nSPS) is 10.3. The monoisotopic (exact) mass is 390 g/mol. The number of carbonyl (C=O) groups excluding carboxylic acids is 2. The van der Waals surface area contributed by atoms with E-state index in [-0.39, 0.29) is 17.9 Å². The summed E-state index contributed by atoms with van der Waals surface area (Å²) in [4.78, 5) is 23.9. The van der Waals surface area contributed by atoms with Crippen LogP contribution in [0.4, 0.5) is 0 Å². The van der Waals surface area contributed by atoms with Gasteiger partial charge in [-0.25, -0.2) is 0 Å². The maximum atomic E-state index is 12.1. The van der Waals surface area contributed by atoms with Gasteiger partial charge in [-0.15, -0.1) is 0 Å². The molecule has 0 saturated carbocycles. The van der Waals surface area contributed by atoms with Crippen molar-refractivity contribution >= 4 is 23.4 Å². The lowest BCUT2D eigenvalue weighted by molar-refractivity contribution is -0.122. The van der Waals surface area contributed by atoms with Crippen molar-refractivity contribution in [1.82, 2.24) is 10.9 Å². The Morgan fingerprint density at radius 2 is 1.81 bits per heavy atom. The molecule has 7 heteroatoms. The molecule has 0 saturated heterocycles. The molecule has 0 unspecified atom stereocenters. The van der Waals surface area contributed by atoms with Gasteiger partial charge in [0, 0.05) is 18.1 Å². The molecule has 2 aromatic carbocycles. The van der Waals surface area contributed by atoms with Gasteiger partial charge in [-0.1, -0.05) is 41.9 Å². The van der Waals surface area contributed by atoms with E-state index in [4.69, 9.17) is 21.1 Å². The summed E-state index contributed by atoms with van der Waals surface area (Å²) in [7, 11) is 1.44. The van der Waals surface area contributed by atoms with E-state index in [0.29, 0.717) is 30.4 Å². The molecule has 6 nitrogen and oxygen atoms in total. The molecular weight excluding hydrogens is 368 g/mol. The fraction of sp³-hybridized carbons (Fsp3) is 0.300. The molecule has 0 aliphatic carbocycles. The number of carbonyl (C=O) groups is 2. The van der Waals surface area contributed by atoms with Crippen LogP contribution in [0.15, 0.2) is 48.5 Å². The Labute approximate surface area is 163 Å². The number of hydrogen-bond acceptors (Lipinski definition) is 4. The van der Waals surface area contributed by atoms with Gasteiger partial charge in [0.1, 0.15) is 5.75 Å². The first kappa shape index (κ1) is 20.7. The number of benzene rings is 2. The van der Waals surface area contributed by atoms with Crippen molar-refractivity contribution in [2.45, 2.75) is 19.3 Å². The molecule has 0 atom stereocenters. The molecule has 144 valence electrons. The molecule has 2 rings (SSSR count). The van der Waals surface area contributed by atoms with Crippen LogP contribution >= 0.6 is 11.6 Å². The molecule has 0 aliphatic rings. The molecule has 0 spiro atoms. The van der Waals surface area contributed by atoms with Crippen LogP contribution in [0.2, 0.25) is 5.02 Å². The summed E-state index contributed by atoms with van der Waals surface area (Å²) in [5.41, 5.74) is 6.25. The van der Waals surface area contributed by atoms with Crippen LogP contribution in [-0.2, 0) is 16.0 Å². The second-order valence-corrected chi connectivity index (χ2v) is 6.23. The first-order valence-electron chi connectivity index (χ1n) is 8.64. The van der Waals surface area contributed by atoms with Crippen molar-refractivity contribution in [2.24, 2.45) is 0 Å². The maximum absolute atomic E-state index is 12.1. The standard InChI is InChI=1S/C20H23ClN2O4/c1-26-18-14-16(21)9-10-17(18)20(25)23-22-19(24)8-5-12-27-13-11-15-6-3-2-4-7-15/h2-4,6-7,9-10,14H,5,8,11-13H2,1H3,(H,22,24)(H,23,25). The largest absolute Gasteiger partial charge is 0.496 e. The van der Waals surface area contributed by atoms with Gasteiger partial charge in [0.2, 0.25) is 5.91 Å². The third-order valence-corrected chi connectivity index (χ3v) is 4.03. The smallest absolute Gasteiger partial charge is 0.273 e. The molecule has 0 heterocycles. The fourth-order valence-electron chi connectivity index (χ4n) is 2.38. The summed E-state index contributed by atoms with van der Waals surface area (Å²) in [5.74, 6) is -0.431. The Morgan fingerprint density at radius 1 is 1.04 bits per heavy atom. The average molecular weight is 391 g/mol. The molecule has 0 aliphatic heterocycles. The zero-order valence-electron chi connectivity index (χ0n) is 15.2. The van der Waals surface area contributed by atoms with Gasteiger partial charge in [-0.3, -0.25) is 20.4 Å². The van der Waals surface area contributed by atoms with E-state index in [2.05, 4.69) is 23.0 Å². The first-order chi connectivity index (χ1) is 13.1. The van der Waals surface area contributed by atoms with Crippen molar-refractivity contribution in [3.05, 3.63) is 64.7 Å². The van der Waals surface area contributed by atoms with Gasteiger partial charge in [0.05, 0.1) is 19.3 Å². The Kier molecular flexibility index (Phi) is 8.61. The van der Waals surface area contributed by atoms with Crippen LogP contribution in [0.1, 0.15) is 28.8 Å². The van der Waals surface area contributed by atoms with Crippen molar-refractivity contribution in [2.75, 3.05) is 20.3 Å². The second kappa shape index (κ2) is 11.2. The van der Waals surface area contributed by atoms with Crippen LogP contribution in [0.5, 0.6) is 5.75 Å². The molecule has 0 bridgehead atoms.